The Morgan fingerprint density at radius 1 is 1.28 bits per heavy atom. The van der Waals surface area contributed by atoms with Gasteiger partial charge in [-0.25, -0.2) is 9.67 Å². The predicted octanol–water partition coefficient (Wildman–Crippen LogP) is -0.609. The lowest BCUT2D eigenvalue weighted by Crippen LogP contribution is -2.23. The molecule has 2 aliphatic rings. The first-order valence-electron chi connectivity index (χ1n) is 5.95. The zero-order valence-corrected chi connectivity index (χ0v) is 9.65. The van der Waals surface area contributed by atoms with Crippen LogP contribution in [0.15, 0.2) is 17.3 Å². The summed E-state index contributed by atoms with van der Waals surface area (Å²) in [5.74, 6) is 0. The first-order chi connectivity index (χ1) is 8.81. The fraction of sp³-hybridized carbons (Fsp3) is 0.545. The lowest BCUT2D eigenvalue weighted by atomic mass is 10.4. The van der Waals surface area contributed by atoms with Crippen LogP contribution < -0.4 is 5.56 Å². The second-order valence-electron chi connectivity index (χ2n) is 4.68. The van der Waals surface area contributed by atoms with Gasteiger partial charge in [-0.2, -0.15) is 5.10 Å². The summed E-state index contributed by atoms with van der Waals surface area (Å²) in [5, 5.41) is 4.76. The van der Waals surface area contributed by atoms with E-state index in [4.69, 9.17) is 9.47 Å². The summed E-state index contributed by atoms with van der Waals surface area (Å²) in [6.07, 6.45) is 3.53. The summed E-state index contributed by atoms with van der Waals surface area (Å²) < 4.78 is 13.6. The van der Waals surface area contributed by atoms with Crippen LogP contribution in [0.4, 0.5) is 0 Å². The molecule has 0 spiro atoms. The Bertz CT molecular complexity index is 654. The van der Waals surface area contributed by atoms with Crippen molar-refractivity contribution in [3.05, 3.63) is 22.9 Å². The molecule has 0 N–H and O–H groups in total. The fourth-order valence-corrected chi connectivity index (χ4v) is 2.02. The second kappa shape index (κ2) is 3.63. The van der Waals surface area contributed by atoms with Crippen LogP contribution in [0.25, 0.3) is 11.0 Å². The van der Waals surface area contributed by atoms with E-state index in [1.807, 2.05) is 0 Å². The molecule has 4 rings (SSSR count). The largest absolute Gasteiger partial charge is 0.371 e. The monoisotopic (exact) mass is 248 g/mol. The van der Waals surface area contributed by atoms with Gasteiger partial charge in [0.1, 0.15) is 17.8 Å². The number of epoxide rings is 2. The molecule has 7 nitrogen and oxygen atoms in total. The summed E-state index contributed by atoms with van der Waals surface area (Å²) in [6, 6.07) is 0. The summed E-state index contributed by atoms with van der Waals surface area (Å²) >= 11 is 0. The highest BCUT2D eigenvalue weighted by Crippen LogP contribution is 2.15. The van der Waals surface area contributed by atoms with E-state index < -0.39 is 0 Å². The van der Waals surface area contributed by atoms with Gasteiger partial charge in [-0.15, -0.1) is 0 Å². The summed E-state index contributed by atoms with van der Waals surface area (Å²) in [5.41, 5.74) is 0.571. The van der Waals surface area contributed by atoms with Crippen molar-refractivity contribution in [2.75, 3.05) is 13.2 Å². The number of rotatable bonds is 4. The van der Waals surface area contributed by atoms with E-state index in [2.05, 4.69) is 10.1 Å². The molecule has 7 heteroatoms. The number of hydrogen-bond acceptors (Lipinski definition) is 5. The summed E-state index contributed by atoms with van der Waals surface area (Å²) in [4.78, 5) is 16.5. The fourth-order valence-electron chi connectivity index (χ4n) is 2.02. The Labute approximate surface area is 102 Å². The number of nitrogens with zero attached hydrogens (tertiary/aromatic N) is 4. The van der Waals surface area contributed by atoms with E-state index in [9.17, 15) is 4.79 Å². The molecule has 4 heterocycles. The minimum absolute atomic E-state index is 0.0570. The lowest BCUT2D eigenvalue weighted by molar-refractivity contribution is 0.375. The minimum Gasteiger partial charge on any atom is -0.371 e. The average Bonchev–Trinajstić information content (AvgIpc) is 3.25. The molecule has 0 amide bonds. The van der Waals surface area contributed by atoms with Gasteiger partial charge in [0.25, 0.3) is 5.56 Å². The Kier molecular flexibility index (Phi) is 2.06. The van der Waals surface area contributed by atoms with Crippen molar-refractivity contribution in [1.82, 2.24) is 19.3 Å². The van der Waals surface area contributed by atoms with E-state index in [-0.39, 0.29) is 17.8 Å². The molecule has 2 unspecified atom stereocenters. The van der Waals surface area contributed by atoms with Crippen LogP contribution in [0.2, 0.25) is 0 Å². The highest BCUT2D eigenvalue weighted by atomic mass is 16.6. The SMILES string of the molecule is O=c1c2cnn(CC3CO3)c2ncn1CC1CO1. The van der Waals surface area contributed by atoms with Crippen LogP contribution in [0.5, 0.6) is 0 Å². The molecular formula is C11H12N4O3. The average molecular weight is 248 g/mol. The van der Waals surface area contributed by atoms with Gasteiger partial charge in [0, 0.05) is 0 Å². The third-order valence-corrected chi connectivity index (χ3v) is 3.20. The van der Waals surface area contributed by atoms with Crippen molar-refractivity contribution in [1.29, 1.82) is 0 Å². The molecule has 2 atom stereocenters. The van der Waals surface area contributed by atoms with E-state index in [1.54, 1.807) is 21.8 Å². The number of aromatic nitrogens is 4. The van der Waals surface area contributed by atoms with E-state index in [1.165, 1.54) is 0 Å². The van der Waals surface area contributed by atoms with Crippen molar-refractivity contribution in [2.45, 2.75) is 25.3 Å². The molecule has 0 aliphatic carbocycles. The molecule has 2 saturated heterocycles. The van der Waals surface area contributed by atoms with Crippen LogP contribution in [-0.4, -0.2) is 44.8 Å². The third kappa shape index (κ3) is 1.72. The number of fused-ring (bicyclic) bond motifs is 1. The van der Waals surface area contributed by atoms with Crippen molar-refractivity contribution in [3.63, 3.8) is 0 Å². The molecule has 0 bridgehead atoms. The zero-order chi connectivity index (χ0) is 12.1. The highest BCUT2D eigenvalue weighted by Gasteiger charge is 2.26. The molecular weight excluding hydrogens is 236 g/mol. The van der Waals surface area contributed by atoms with Crippen LogP contribution in [-0.2, 0) is 22.6 Å². The highest BCUT2D eigenvalue weighted by molar-refractivity contribution is 5.72. The Balaban J connectivity index is 1.74. The molecule has 0 aromatic carbocycles. The predicted molar refractivity (Wildman–Crippen MR) is 61.3 cm³/mol. The van der Waals surface area contributed by atoms with Gasteiger partial charge in [0.05, 0.1) is 38.6 Å². The van der Waals surface area contributed by atoms with Gasteiger partial charge in [0.15, 0.2) is 5.65 Å². The smallest absolute Gasteiger partial charge is 0.264 e. The maximum absolute atomic E-state index is 12.2. The first-order valence-corrected chi connectivity index (χ1v) is 5.95. The normalized spacial score (nSPS) is 25.6. The molecule has 0 saturated carbocycles. The van der Waals surface area contributed by atoms with Gasteiger partial charge >= 0.3 is 0 Å². The summed E-state index contributed by atoms with van der Waals surface area (Å²) in [6.45, 7) is 2.71. The van der Waals surface area contributed by atoms with E-state index in [0.717, 1.165) is 13.2 Å². The van der Waals surface area contributed by atoms with Crippen LogP contribution in [0.1, 0.15) is 0 Å². The van der Waals surface area contributed by atoms with Gasteiger partial charge in [0.2, 0.25) is 0 Å². The van der Waals surface area contributed by atoms with Gasteiger partial charge < -0.3 is 9.47 Å². The maximum atomic E-state index is 12.2. The van der Waals surface area contributed by atoms with Crippen molar-refractivity contribution < 1.29 is 9.47 Å². The van der Waals surface area contributed by atoms with Crippen LogP contribution in [0, 0.1) is 0 Å². The van der Waals surface area contributed by atoms with E-state index in [0.29, 0.717) is 24.1 Å². The van der Waals surface area contributed by atoms with E-state index >= 15 is 0 Å². The number of ether oxygens (including phenoxy) is 2. The maximum Gasteiger partial charge on any atom is 0.264 e. The first kappa shape index (κ1) is 10.2. The molecule has 2 aliphatic heterocycles. The molecule has 0 radical (unpaired) electrons. The Morgan fingerprint density at radius 3 is 2.72 bits per heavy atom. The standard InChI is InChI=1S/C11H12N4O3/c16-11-9-1-13-15(3-8-5-18-8)10(9)12-6-14(11)2-7-4-17-7/h1,6-8H,2-5H2. The zero-order valence-electron chi connectivity index (χ0n) is 9.65. The quantitative estimate of drug-likeness (QED) is 0.674. The van der Waals surface area contributed by atoms with Crippen LogP contribution in [0.3, 0.4) is 0 Å². The summed E-state index contributed by atoms with van der Waals surface area (Å²) in [7, 11) is 0. The molecule has 18 heavy (non-hydrogen) atoms. The molecule has 94 valence electrons. The third-order valence-electron chi connectivity index (χ3n) is 3.20. The van der Waals surface area contributed by atoms with Crippen molar-refractivity contribution in [2.24, 2.45) is 0 Å². The van der Waals surface area contributed by atoms with Crippen LogP contribution >= 0.6 is 0 Å². The molecule has 2 fully saturated rings. The van der Waals surface area contributed by atoms with Gasteiger partial charge in [-0.05, 0) is 0 Å². The Morgan fingerprint density at radius 2 is 2.00 bits per heavy atom. The van der Waals surface area contributed by atoms with Crippen molar-refractivity contribution >= 4 is 11.0 Å². The van der Waals surface area contributed by atoms with Gasteiger partial charge in [-0.1, -0.05) is 0 Å². The second-order valence-corrected chi connectivity index (χ2v) is 4.68. The van der Waals surface area contributed by atoms with Gasteiger partial charge in [-0.3, -0.25) is 9.36 Å². The molecule has 2 aromatic rings. The van der Waals surface area contributed by atoms with Crippen molar-refractivity contribution in [3.8, 4) is 0 Å². The topological polar surface area (TPSA) is 77.8 Å². The Hall–Kier alpha value is -1.73. The lowest BCUT2D eigenvalue weighted by Gasteiger charge is -2.03. The minimum atomic E-state index is -0.0570. The number of hydrogen-bond donors (Lipinski definition) is 0. The molecule has 2 aromatic heterocycles.